The number of imide groups is 1. The molecular formula is C20H18N2O6. The molecule has 0 unspecified atom stereocenters. The number of benzene rings is 2. The van der Waals surface area contributed by atoms with Gasteiger partial charge in [0.1, 0.15) is 18.8 Å². The van der Waals surface area contributed by atoms with Gasteiger partial charge in [-0.25, -0.2) is 9.69 Å². The second-order valence-corrected chi connectivity index (χ2v) is 5.96. The summed E-state index contributed by atoms with van der Waals surface area (Å²) < 4.78 is 11.1. The molecule has 28 heavy (non-hydrogen) atoms. The molecule has 3 amide bonds. The summed E-state index contributed by atoms with van der Waals surface area (Å²) in [4.78, 5) is 35.4. The van der Waals surface area contributed by atoms with Crippen LogP contribution in [0.4, 0.5) is 4.79 Å². The Morgan fingerprint density at radius 1 is 1.14 bits per heavy atom. The summed E-state index contributed by atoms with van der Waals surface area (Å²) in [6.07, 6.45) is 1.46. The number of carboxylic acids is 1. The third-order valence-electron chi connectivity index (χ3n) is 3.99. The van der Waals surface area contributed by atoms with Crippen LogP contribution in [0.15, 0.2) is 54.2 Å². The number of rotatable bonds is 7. The van der Waals surface area contributed by atoms with Crippen molar-refractivity contribution in [2.45, 2.75) is 6.61 Å². The van der Waals surface area contributed by atoms with Crippen LogP contribution in [-0.2, 0) is 16.2 Å². The summed E-state index contributed by atoms with van der Waals surface area (Å²) in [5.41, 5.74) is 1.56. The van der Waals surface area contributed by atoms with Crippen molar-refractivity contribution in [2.75, 3.05) is 13.7 Å². The maximum absolute atomic E-state index is 12.2. The molecule has 2 aromatic rings. The lowest BCUT2D eigenvalue weighted by atomic mass is 10.1. The van der Waals surface area contributed by atoms with Gasteiger partial charge in [-0.05, 0) is 29.3 Å². The number of nitrogens with zero attached hydrogens (tertiary/aromatic N) is 1. The molecule has 1 aliphatic rings. The molecule has 8 nitrogen and oxygen atoms in total. The zero-order chi connectivity index (χ0) is 20.1. The first-order chi connectivity index (χ1) is 13.5. The summed E-state index contributed by atoms with van der Waals surface area (Å²) >= 11 is 0. The highest BCUT2D eigenvalue weighted by atomic mass is 16.5. The minimum atomic E-state index is -1.27. The molecule has 0 bridgehead atoms. The van der Waals surface area contributed by atoms with Gasteiger partial charge in [0.15, 0.2) is 11.5 Å². The Kier molecular flexibility index (Phi) is 5.59. The van der Waals surface area contributed by atoms with Crippen LogP contribution in [0.3, 0.4) is 0 Å². The van der Waals surface area contributed by atoms with Gasteiger partial charge in [0.25, 0.3) is 5.91 Å². The number of hydrogen-bond acceptors (Lipinski definition) is 5. The quantitative estimate of drug-likeness (QED) is 0.562. The van der Waals surface area contributed by atoms with Crippen LogP contribution in [0.1, 0.15) is 11.1 Å². The van der Waals surface area contributed by atoms with E-state index < -0.39 is 24.5 Å². The molecule has 0 aliphatic carbocycles. The highest BCUT2D eigenvalue weighted by molar-refractivity contribution is 6.15. The second-order valence-electron chi connectivity index (χ2n) is 5.96. The number of carbonyl (C=O) groups excluding carboxylic acids is 2. The second kappa shape index (κ2) is 8.26. The van der Waals surface area contributed by atoms with E-state index in [4.69, 9.17) is 14.6 Å². The predicted octanol–water partition coefficient (Wildman–Crippen LogP) is 2.25. The molecule has 8 heteroatoms. The monoisotopic (exact) mass is 382 g/mol. The normalized spacial score (nSPS) is 14.9. The van der Waals surface area contributed by atoms with E-state index in [9.17, 15) is 14.4 Å². The van der Waals surface area contributed by atoms with Gasteiger partial charge >= 0.3 is 12.0 Å². The average Bonchev–Trinajstić information content (AvgIpc) is 2.94. The van der Waals surface area contributed by atoms with Crippen LogP contribution in [0.5, 0.6) is 11.5 Å². The Hall–Kier alpha value is -3.81. The van der Waals surface area contributed by atoms with Crippen molar-refractivity contribution in [1.82, 2.24) is 10.2 Å². The maximum atomic E-state index is 12.2. The first kappa shape index (κ1) is 19.0. The van der Waals surface area contributed by atoms with Gasteiger partial charge in [-0.3, -0.25) is 9.59 Å². The summed E-state index contributed by atoms with van der Waals surface area (Å²) in [6.45, 7) is -0.366. The fourth-order valence-electron chi connectivity index (χ4n) is 2.65. The lowest BCUT2D eigenvalue weighted by Crippen LogP contribution is -2.35. The van der Waals surface area contributed by atoms with Crippen LogP contribution < -0.4 is 14.8 Å². The van der Waals surface area contributed by atoms with Gasteiger partial charge in [0.2, 0.25) is 0 Å². The maximum Gasteiger partial charge on any atom is 0.329 e. The lowest BCUT2D eigenvalue weighted by molar-refractivity contribution is -0.140. The number of amides is 3. The van der Waals surface area contributed by atoms with Crippen molar-refractivity contribution < 1.29 is 29.0 Å². The van der Waals surface area contributed by atoms with E-state index in [1.807, 2.05) is 30.3 Å². The van der Waals surface area contributed by atoms with Crippen molar-refractivity contribution in [3.63, 3.8) is 0 Å². The molecule has 2 aromatic carbocycles. The summed E-state index contributed by atoms with van der Waals surface area (Å²) in [5.74, 6) is -0.979. The number of carbonyl (C=O) groups is 3. The molecule has 1 fully saturated rings. The molecule has 0 radical (unpaired) electrons. The molecule has 1 saturated heterocycles. The van der Waals surface area contributed by atoms with E-state index in [0.29, 0.717) is 28.6 Å². The summed E-state index contributed by atoms with van der Waals surface area (Å²) in [6, 6.07) is 13.9. The molecule has 0 spiro atoms. The Morgan fingerprint density at radius 3 is 2.57 bits per heavy atom. The largest absolute Gasteiger partial charge is 0.493 e. The van der Waals surface area contributed by atoms with E-state index >= 15 is 0 Å². The Morgan fingerprint density at radius 2 is 1.89 bits per heavy atom. The van der Waals surface area contributed by atoms with Gasteiger partial charge < -0.3 is 19.9 Å². The van der Waals surface area contributed by atoms with Crippen LogP contribution in [0, 0.1) is 0 Å². The molecule has 3 rings (SSSR count). The van der Waals surface area contributed by atoms with Gasteiger partial charge in [0.05, 0.1) is 7.11 Å². The van der Waals surface area contributed by atoms with Crippen LogP contribution in [0.25, 0.3) is 6.08 Å². The number of methoxy groups -OCH3 is 1. The van der Waals surface area contributed by atoms with Gasteiger partial charge in [0, 0.05) is 0 Å². The van der Waals surface area contributed by atoms with Gasteiger partial charge in [-0.2, -0.15) is 0 Å². The number of carboxylic acid groups (broad SMARTS) is 1. The highest BCUT2D eigenvalue weighted by Gasteiger charge is 2.34. The van der Waals surface area contributed by atoms with E-state index in [-0.39, 0.29) is 5.70 Å². The summed E-state index contributed by atoms with van der Waals surface area (Å²) in [7, 11) is 1.52. The molecule has 0 atom stereocenters. The third kappa shape index (κ3) is 4.29. The van der Waals surface area contributed by atoms with Crippen LogP contribution in [0.2, 0.25) is 0 Å². The van der Waals surface area contributed by atoms with E-state index in [1.165, 1.54) is 13.2 Å². The molecule has 1 heterocycles. The first-order valence-electron chi connectivity index (χ1n) is 8.39. The fourth-order valence-corrected chi connectivity index (χ4v) is 2.65. The third-order valence-corrected chi connectivity index (χ3v) is 3.99. The van der Waals surface area contributed by atoms with E-state index in [1.54, 1.807) is 18.2 Å². The van der Waals surface area contributed by atoms with Gasteiger partial charge in [-0.1, -0.05) is 36.4 Å². The number of urea groups is 1. The van der Waals surface area contributed by atoms with Crippen LogP contribution in [-0.4, -0.2) is 41.6 Å². The minimum absolute atomic E-state index is 0.00886. The van der Waals surface area contributed by atoms with E-state index in [2.05, 4.69) is 5.32 Å². The smallest absolute Gasteiger partial charge is 0.329 e. The predicted molar refractivity (Wildman–Crippen MR) is 99.6 cm³/mol. The molecule has 144 valence electrons. The highest BCUT2D eigenvalue weighted by Crippen LogP contribution is 2.30. The first-order valence-corrected chi connectivity index (χ1v) is 8.39. The van der Waals surface area contributed by atoms with Crippen LogP contribution >= 0.6 is 0 Å². The van der Waals surface area contributed by atoms with Crippen molar-refractivity contribution in [1.29, 1.82) is 0 Å². The topological polar surface area (TPSA) is 105 Å². The Balaban J connectivity index is 1.81. The zero-order valence-electron chi connectivity index (χ0n) is 15.0. The zero-order valence-corrected chi connectivity index (χ0v) is 15.0. The SMILES string of the molecule is COc1ccc(/C=C2/NC(=O)N(CC(=O)O)C2=O)cc1OCc1ccccc1. The Labute approximate surface area is 161 Å². The van der Waals surface area contributed by atoms with E-state index in [0.717, 1.165) is 5.56 Å². The fraction of sp³-hybridized carbons (Fsp3) is 0.150. The molecule has 2 N–H and O–H groups in total. The van der Waals surface area contributed by atoms with Crippen molar-refractivity contribution in [3.8, 4) is 11.5 Å². The number of ether oxygens (including phenoxy) is 2. The molecule has 1 aliphatic heterocycles. The average molecular weight is 382 g/mol. The van der Waals surface area contributed by atoms with Gasteiger partial charge in [-0.15, -0.1) is 0 Å². The van der Waals surface area contributed by atoms with Crippen molar-refractivity contribution in [2.24, 2.45) is 0 Å². The number of aliphatic carboxylic acids is 1. The standard InChI is InChI=1S/C20H18N2O6/c1-27-16-8-7-14(10-17(16)28-12-13-5-3-2-4-6-13)9-15-19(25)22(11-18(23)24)20(26)21-15/h2-10H,11-12H2,1H3,(H,21,26)(H,23,24)/b15-9+. The molecule has 0 saturated carbocycles. The number of hydrogen-bond donors (Lipinski definition) is 2. The van der Waals surface area contributed by atoms with Crippen molar-refractivity contribution in [3.05, 3.63) is 65.4 Å². The molecule has 0 aromatic heterocycles. The lowest BCUT2D eigenvalue weighted by Gasteiger charge is -2.12. The Bertz CT molecular complexity index is 939. The molecular weight excluding hydrogens is 364 g/mol. The summed E-state index contributed by atoms with van der Waals surface area (Å²) in [5, 5.41) is 11.2. The van der Waals surface area contributed by atoms with Crippen molar-refractivity contribution >= 4 is 24.0 Å². The number of nitrogens with one attached hydrogen (secondary N) is 1. The minimum Gasteiger partial charge on any atom is -0.493 e.